The van der Waals surface area contributed by atoms with E-state index in [0.717, 1.165) is 12.8 Å². The van der Waals surface area contributed by atoms with E-state index in [9.17, 15) is 4.79 Å². The summed E-state index contributed by atoms with van der Waals surface area (Å²) in [5, 5.41) is 0.259. The molecular weight excluding hydrogens is 226 g/mol. The molecule has 1 amide bonds. The number of pyridine rings is 1. The summed E-state index contributed by atoms with van der Waals surface area (Å²) < 4.78 is 0. The van der Waals surface area contributed by atoms with E-state index in [1.807, 2.05) is 11.8 Å². The minimum absolute atomic E-state index is 0.0130. The number of hydrogen-bond donors (Lipinski definition) is 1. The third-order valence-corrected chi connectivity index (χ3v) is 2.84. The van der Waals surface area contributed by atoms with E-state index in [1.54, 1.807) is 12.1 Å². The molecule has 16 heavy (non-hydrogen) atoms. The van der Waals surface area contributed by atoms with Gasteiger partial charge in [0.2, 0.25) is 0 Å². The maximum atomic E-state index is 12.1. The van der Waals surface area contributed by atoms with Crippen LogP contribution in [0, 0.1) is 0 Å². The predicted octanol–water partition coefficient (Wildman–Crippen LogP) is 1.94. The molecule has 1 aliphatic carbocycles. The number of amides is 1. The number of carbonyl (C=O) groups excluding carboxylic acids is 1. The van der Waals surface area contributed by atoms with Crippen LogP contribution in [0.1, 0.15) is 30.1 Å². The predicted molar refractivity (Wildman–Crippen MR) is 63.4 cm³/mol. The van der Waals surface area contributed by atoms with Crippen molar-refractivity contribution in [2.45, 2.75) is 25.8 Å². The molecular formula is C11H14ClN3O. The Labute approximate surface area is 99.4 Å². The minimum Gasteiger partial charge on any atom is -0.384 e. The summed E-state index contributed by atoms with van der Waals surface area (Å²) in [5.41, 5.74) is 6.08. The van der Waals surface area contributed by atoms with Crippen molar-refractivity contribution in [3.63, 3.8) is 0 Å². The molecule has 86 valence electrons. The Hall–Kier alpha value is -1.29. The molecule has 1 aromatic rings. The van der Waals surface area contributed by atoms with E-state index in [4.69, 9.17) is 17.3 Å². The normalized spacial score (nSPS) is 14.9. The maximum absolute atomic E-state index is 12.1. The quantitative estimate of drug-likeness (QED) is 0.821. The van der Waals surface area contributed by atoms with E-state index >= 15 is 0 Å². The van der Waals surface area contributed by atoms with Gasteiger partial charge in [0.25, 0.3) is 5.91 Å². The van der Waals surface area contributed by atoms with Crippen LogP contribution in [0.4, 0.5) is 5.82 Å². The van der Waals surface area contributed by atoms with E-state index in [1.165, 1.54) is 0 Å². The van der Waals surface area contributed by atoms with Crippen LogP contribution >= 0.6 is 11.6 Å². The Morgan fingerprint density at radius 3 is 2.81 bits per heavy atom. The van der Waals surface area contributed by atoms with Crippen molar-refractivity contribution < 1.29 is 4.79 Å². The maximum Gasteiger partial charge on any atom is 0.254 e. The Kier molecular flexibility index (Phi) is 3.01. The van der Waals surface area contributed by atoms with Crippen molar-refractivity contribution in [2.75, 3.05) is 12.3 Å². The van der Waals surface area contributed by atoms with Crippen LogP contribution in [-0.2, 0) is 0 Å². The molecule has 1 aliphatic rings. The first-order chi connectivity index (χ1) is 7.61. The first kappa shape index (κ1) is 11.2. The van der Waals surface area contributed by atoms with Gasteiger partial charge in [-0.25, -0.2) is 4.98 Å². The van der Waals surface area contributed by atoms with Gasteiger partial charge < -0.3 is 10.6 Å². The van der Waals surface area contributed by atoms with Crippen LogP contribution in [0.2, 0.25) is 5.15 Å². The zero-order valence-electron chi connectivity index (χ0n) is 9.11. The van der Waals surface area contributed by atoms with Gasteiger partial charge in [-0.05, 0) is 31.9 Å². The van der Waals surface area contributed by atoms with Crippen molar-refractivity contribution in [3.8, 4) is 0 Å². The number of nitrogens with zero attached hydrogens (tertiary/aromatic N) is 2. The van der Waals surface area contributed by atoms with Gasteiger partial charge in [0.05, 0.1) is 0 Å². The summed E-state index contributed by atoms with van der Waals surface area (Å²) in [7, 11) is 0. The molecule has 0 aliphatic heterocycles. The lowest BCUT2D eigenvalue weighted by molar-refractivity contribution is 0.0752. The van der Waals surface area contributed by atoms with Crippen molar-refractivity contribution in [1.29, 1.82) is 0 Å². The minimum atomic E-state index is -0.0130. The largest absolute Gasteiger partial charge is 0.384 e. The molecule has 2 N–H and O–H groups in total. The Balaban J connectivity index is 2.24. The lowest BCUT2D eigenvalue weighted by Gasteiger charge is -2.20. The summed E-state index contributed by atoms with van der Waals surface area (Å²) in [5.74, 6) is 0.267. The highest BCUT2D eigenvalue weighted by Gasteiger charge is 2.32. The van der Waals surface area contributed by atoms with Crippen LogP contribution < -0.4 is 5.73 Å². The van der Waals surface area contributed by atoms with Crippen LogP contribution in [-0.4, -0.2) is 28.4 Å². The first-order valence-electron chi connectivity index (χ1n) is 5.36. The summed E-state index contributed by atoms with van der Waals surface area (Å²) in [6, 6.07) is 3.52. The smallest absolute Gasteiger partial charge is 0.254 e. The third kappa shape index (κ3) is 2.27. The van der Waals surface area contributed by atoms with Gasteiger partial charge in [-0.1, -0.05) is 11.6 Å². The summed E-state index contributed by atoms with van der Waals surface area (Å²) in [4.78, 5) is 17.8. The average molecular weight is 240 g/mol. The van der Waals surface area contributed by atoms with Gasteiger partial charge in [-0.2, -0.15) is 0 Å². The van der Waals surface area contributed by atoms with Crippen LogP contribution in [0.5, 0.6) is 0 Å². The summed E-state index contributed by atoms with van der Waals surface area (Å²) in [6.45, 7) is 2.69. The molecule has 0 bridgehead atoms. The van der Waals surface area contributed by atoms with Crippen molar-refractivity contribution >= 4 is 23.3 Å². The topological polar surface area (TPSA) is 59.2 Å². The molecule has 2 rings (SSSR count). The number of halogens is 1. The Morgan fingerprint density at radius 1 is 1.62 bits per heavy atom. The fraction of sp³-hybridized carbons (Fsp3) is 0.455. The van der Waals surface area contributed by atoms with Gasteiger partial charge in [0.15, 0.2) is 0 Å². The molecule has 5 heteroatoms. The van der Waals surface area contributed by atoms with Gasteiger partial charge >= 0.3 is 0 Å². The van der Waals surface area contributed by atoms with Crippen molar-refractivity contribution in [2.24, 2.45) is 0 Å². The number of carbonyl (C=O) groups is 1. The van der Waals surface area contributed by atoms with Crippen molar-refractivity contribution in [1.82, 2.24) is 9.88 Å². The molecule has 0 atom stereocenters. The number of aromatic nitrogens is 1. The van der Waals surface area contributed by atoms with Crippen LogP contribution in [0.25, 0.3) is 0 Å². The summed E-state index contributed by atoms with van der Waals surface area (Å²) in [6.07, 6.45) is 2.18. The number of nitrogen functional groups attached to an aromatic ring is 1. The van der Waals surface area contributed by atoms with Gasteiger partial charge in [0.1, 0.15) is 11.0 Å². The van der Waals surface area contributed by atoms with Gasteiger partial charge in [-0.3, -0.25) is 4.79 Å². The fourth-order valence-corrected chi connectivity index (χ4v) is 1.98. The molecule has 4 nitrogen and oxygen atoms in total. The first-order valence-corrected chi connectivity index (χ1v) is 5.73. The van der Waals surface area contributed by atoms with Crippen molar-refractivity contribution in [3.05, 3.63) is 22.8 Å². The summed E-state index contributed by atoms with van der Waals surface area (Å²) >= 11 is 5.78. The van der Waals surface area contributed by atoms with E-state index < -0.39 is 0 Å². The Bertz CT molecular complexity index is 397. The number of anilines is 1. The SMILES string of the molecule is CCN(C(=O)c1cc(N)nc(Cl)c1)C1CC1. The lowest BCUT2D eigenvalue weighted by atomic mass is 10.2. The Morgan fingerprint density at radius 2 is 2.31 bits per heavy atom. The number of hydrogen-bond acceptors (Lipinski definition) is 3. The number of rotatable bonds is 3. The fourth-order valence-electron chi connectivity index (χ4n) is 1.76. The molecule has 1 saturated carbocycles. The molecule has 1 aromatic heterocycles. The van der Waals surface area contributed by atoms with Gasteiger partial charge in [-0.15, -0.1) is 0 Å². The second-order valence-corrected chi connectivity index (χ2v) is 4.31. The zero-order chi connectivity index (χ0) is 11.7. The average Bonchev–Trinajstić information content (AvgIpc) is 3.01. The lowest BCUT2D eigenvalue weighted by Crippen LogP contribution is -2.32. The molecule has 0 saturated heterocycles. The third-order valence-electron chi connectivity index (χ3n) is 2.65. The van der Waals surface area contributed by atoms with Crippen LogP contribution in [0.3, 0.4) is 0 Å². The van der Waals surface area contributed by atoms with E-state index in [0.29, 0.717) is 18.2 Å². The molecule has 1 fully saturated rings. The monoisotopic (exact) mass is 239 g/mol. The molecule has 1 heterocycles. The number of nitrogens with two attached hydrogens (primary N) is 1. The van der Waals surface area contributed by atoms with E-state index in [-0.39, 0.29) is 16.9 Å². The second kappa shape index (κ2) is 4.29. The van der Waals surface area contributed by atoms with Crippen LogP contribution in [0.15, 0.2) is 12.1 Å². The molecule has 0 aromatic carbocycles. The highest BCUT2D eigenvalue weighted by Crippen LogP contribution is 2.28. The van der Waals surface area contributed by atoms with E-state index in [2.05, 4.69) is 4.98 Å². The molecule has 0 unspecified atom stereocenters. The zero-order valence-corrected chi connectivity index (χ0v) is 9.87. The highest BCUT2D eigenvalue weighted by atomic mass is 35.5. The molecule has 0 spiro atoms. The molecule has 0 radical (unpaired) electrons. The second-order valence-electron chi connectivity index (χ2n) is 3.93. The van der Waals surface area contributed by atoms with Gasteiger partial charge in [0, 0.05) is 18.2 Å². The standard InChI is InChI=1S/C11H14ClN3O/c1-2-15(8-3-4-8)11(16)7-5-9(12)14-10(13)6-7/h5-6,8H,2-4H2,1H3,(H2,13,14). The highest BCUT2D eigenvalue weighted by molar-refractivity contribution is 6.29.